The first-order chi connectivity index (χ1) is 12.0. The molecule has 8 nitrogen and oxygen atoms in total. The fourth-order valence-corrected chi connectivity index (χ4v) is 1.99. The summed E-state index contributed by atoms with van der Waals surface area (Å²) < 4.78 is 5.07. The van der Waals surface area contributed by atoms with Gasteiger partial charge < -0.3 is 10.1 Å². The third-order valence-electron chi connectivity index (χ3n) is 3.34. The van der Waals surface area contributed by atoms with Gasteiger partial charge in [0.25, 0.3) is 11.6 Å². The highest BCUT2D eigenvalue weighted by atomic mass is 16.6. The van der Waals surface area contributed by atoms with Crippen LogP contribution in [0.5, 0.6) is 5.75 Å². The molecule has 0 radical (unpaired) electrons. The van der Waals surface area contributed by atoms with Crippen molar-refractivity contribution >= 4 is 23.5 Å². The van der Waals surface area contributed by atoms with Gasteiger partial charge in [-0.3, -0.25) is 14.9 Å². The van der Waals surface area contributed by atoms with Gasteiger partial charge in [0.15, 0.2) is 0 Å². The number of methoxy groups -OCH3 is 1. The number of rotatable bonds is 7. The number of ether oxygens (including phenoxy) is 1. The van der Waals surface area contributed by atoms with Crippen LogP contribution in [-0.2, 0) is 4.79 Å². The summed E-state index contributed by atoms with van der Waals surface area (Å²) in [6.45, 7) is 1.70. The topological polar surface area (TPSA) is 106 Å². The minimum absolute atomic E-state index is 0.0372. The molecule has 1 atom stereocenters. The third-order valence-corrected chi connectivity index (χ3v) is 3.34. The number of anilines is 1. The van der Waals surface area contributed by atoms with Crippen LogP contribution in [0.2, 0.25) is 0 Å². The zero-order valence-corrected chi connectivity index (χ0v) is 13.8. The summed E-state index contributed by atoms with van der Waals surface area (Å²) in [7, 11) is 1.58. The van der Waals surface area contributed by atoms with Crippen molar-refractivity contribution in [3.05, 3.63) is 64.2 Å². The number of benzene rings is 2. The van der Waals surface area contributed by atoms with E-state index in [0.717, 1.165) is 11.4 Å². The Morgan fingerprint density at radius 3 is 2.64 bits per heavy atom. The number of carbonyl (C=O) groups is 1. The van der Waals surface area contributed by atoms with E-state index in [4.69, 9.17) is 4.74 Å². The number of non-ortho nitro benzene ring substituents is 1. The summed E-state index contributed by atoms with van der Waals surface area (Å²) in [5.74, 6) is 0.390. The highest BCUT2D eigenvalue weighted by Crippen LogP contribution is 2.15. The number of nitrogens with zero attached hydrogens (tertiary/aromatic N) is 2. The summed E-state index contributed by atoms with van der Waals surface area (Å²) in [5, 5.41) is 17.6. The van der Waals surface area contributed by atoms with E-state index in [1.54, 1.807) is 50.4 Å². The minimum Gasteiger partial charge on any atom is -0.497 e. The summed E-state index contributed by atoms with van der Waals surface area (Å²) in [5.41, 5.74) is 3.65. The molecular formula is C17H18N4O4. The van der Waals surface area contributed by atoms with Crippen molar-refractivity contribution in [2.24, 2.45) is 5.10 Å². The van der Waals surface area contributed by atoms with Crippen LogP contribution >= 0.6 is 0 Å². The molecule has 0 unspecified atom stereocenters. The van der Waals surface area contributed by atoms with E-state index < -0.39 is 11.0 Å². The fourth-order valence-electron chi connectivity index (χ4n) is 1.99. The molecule has 8 heteroatoms. The normalized spacial score (nSPS) is 11.8. The predicted molar refractivity (Wildman–Crippen MR) is 94.9 cm³/mol. The van der Waals surface area contributed by atoms with Crippen LogP contribution in [0.3, 0.4) is 0 Å². The number of carbonyl (C=O) groups excluding carboxylic acids is 1. The monoisotopic (exact) mass is 342 g/mol. The predicted octanol–water partition coefficient (Wildman–Crippen LogP) is 2.55. The fraction of sp³-hybridized carbons (Fsp3) is 0.176. The van der Waals surface area contributed by atoms with Crippen molar-refractivity contribution in [1.29, 1.82) is 0 Å². The van der Waals surface area contributed by atoms with Crippen molar-refractivity contribution in [2.75, 3.05) is 12.4 Å². The maximum absolute atomic E-state index is 12.0. The lowest BCUT2D eigenvalue weighted by atomic mass is 10.2. The molecule has 130 valence electrons. The van der Waals surface area contributed by atoms with Crippen molar-refractivity contribution in [3.63, 3.8) is 0 Å². The number of amides is 1. The van der Waals surface area contributed by atoms with Crippen LogP contribution in [0.15, 0.2) is 53.6 Å². The largest absolute Gasteiger partial charge is 0.497 e. The zero-order chi connectivity index (χ0) is 18.2. The third kappa shape index (κ3) is 5.31. The molecule has 0 aromatic heterocycles. The van der Waals surface area contributed by atoms with E-state index >= 15 is 0 Å². The van der Waals surface area contributed by atoms with Crippen LogP contribution in [-0.4, -0.2) is 30.2 Å². The van der Waals surface area contributed by atoms with E-state index in [-0.39, 0.29) is 11.6 Å². The smallest absolute Gasteiger partial charge is 0.270 e. The second-order valence-corrected chi connectivity index (χ2v) is 5.18. The maximum atomic E-state index is 12.0. The highest BCUT2D eigenvalue weighted by Gasteiger charge is 2.11. The van der Waals surface area contributed by atoms with Gasteiger partial charge in [-0.25, -0.2) is 5.43 Å². The number of nitro groups is 1. The number of hydrogen-bond donors (Lipinski definition) is 2. The van der Waals surface area contributed by atoms with Gasteiger partial charge in [-0.2, -0.15) is 5.10 Å². The highest BCUT2D eigenvalue weighted by molar-refractivity contribution is 5.86. The summed E-state index contributed by atoms with van der Waals surface area (Å²) >= 11 is 0. The lowest BCUT2D eigenvalue weighted by molar-refractivity contribution is -0.384. The number of nitro benzene ring substituents is 1. The van der Waals surface area contributed by atoms with Crippen LogP contribution in [0.25, 0.3) is 0 Å². The van der Waals surface area contributed by atoms with Gasteiger partial charge in [-0.1, -0.05) is 12.1 Å². The molecule has 0 aliphatic carbocycles. The van der Waals surface area contributed by atoms with Gasteiger partial charge in [0, 0.05) is 23.4 Å². The molecule has 0 saturated heterocycles. The Bertz CT molecular complexity index is 774. The second-order valence-electron chi connectivity index (χ2n) is 5.18. The molecule has 1 amide bonds. The van der Waals surface area contributed by atoms with Gasteiger partial charge in [-0.15, -0.1) is 0 Å². The molecule has 0 spiro atoms. The zero-order valence-electron chi connectivity index (χ0n) is 13.8. The Labute approximate surface area is 144 Å². The Balaban J connectivity index is 1.90. The minimum atomic E-state index is -0.518. The van der Waals surface area contributed by atoms with E-state index in [1.165, 1.54) is 18.3 Å². The molecule has 2 aromatic rings. The molecule has 2 aromatic carbocycles. The molecule has 0 heterocycles. The lowest BCUT2D eigenvalue weighted by Gasteiger charge is -2.13. The Kier molecular flexibility index (Phi) is 6.05. The van der Waals surface area contributed by atoms with Crippen molar-refractivity contribution in [1.82, 2.24) is 5.43 Å². The SMILES string of the molecule is COc1ccc(N[C@H](C)C(=O)N/N=C\c2cccc([N+](=O)[O-])c2)cc1. The molecule has 2 N–H and O–H groups in total. The first-order valence-corrected chi connectivity index (χ1v) is 7.47. The lowest BCUT2D eigenvalue weighted by Crippen LogP contribution is -2.34. The van der Waals surface area contributed by atoms with Crippen LogP contribution in [0.1, 0.15) is 12.5 Å². The molecule has 25 heavy (non-hydrogen) atoms. The number of hydrazone groups is 1. The molecule has 0 fully saturated rings. The Morgan fingerprint density at radius 1 is 1.28 bits per heavy atom. The molecule has 0 saturated carbocycles. The number of hydrogen-bond acceptors (Lipinski definition) is 6. The first kappa shape index (κ1) is 17.9. The Morgan fingerprint density at radius 2 is 2.00 bits per heavy atom. The van der Waals surface area contributed by atoms with Gasteiger partial charge in [0.05, 0.1) is 18.2 Å². The average molecular weight is 342 g/mol. The summed E-state index contributed by atoms with van der Waals surface area (Å²) in [4.78, 5) is 22.2. The summed E-state index contributed by atoms with van der Waals surface area (Å²) in [6, 6.07) is 12.6. The van der Waals surface area contributed by atoms with Gasteiger partial charge in [-0.05, 0) is 31.2 Å². The van der Waals surface area contributed by atoms with Crippen LogP contribution in [0, 0.1) is 10.1 Å². The van der Waals surface area contributed by atoms with Crippen LogP contribution in [0.4, 0.5) is 11.4 Å². The van der Waals surface area contributed by atoms with E-state index in [2.05, 4.69) is 15.8 Å². The van der Waals surface area contributed by atoms with E-state index in [9.17, 15) is 14.9 Å². The maximum Gasteiger partial charge on any atom is 0.270 e. The number of nitrogens with one attached hydrogen (secondary N) is 2. The van der Waals surface area contributed by atoms with Gasteiger partial charge in [0.2, 0.25) is 0 Å². The molecule has 0 aliphatic heterocycles. The van der Waals surface area contributed by atoms with Crippen molar-refractivity contribution in [3.8, 4) is 5.75 Å². The standard InChI is InChI=1S/C17H18N4O4/c1-12(19-14-6-8-16(25-2)9-7-14)17(22)20-18-11-13-4-3-5-15(10-13)21(23)24/h3-12,19H,1-2H3,(H,20,22)/b18-11-/t12-/m1/s1. The molecule has 2 rings (SSSR count). The molecule has 0 aliphatic rings. The Hall–Kier alpha value is -3.42. The molecule has 0 bridgehead atoms. The average Bonchev–Trinajstić information content (AvgIpc) is 2.62. The first-order valence-electron chi connectivity index (χ1n) is 7.47. The summed E-state index contributed by atoms with van der Waals surface area (Å²) in [6.07, 6.45) is 1.35. The van der Waals surface area contributed by atoms with Crippen molar-refractivity contribution < 1.29 is 14.5 Å². The van der Waals surface area contributed by atoms with Gasteiger partial charge in [0.1, 0.15) is 11.8 Å². The van der Waals surface area contributed by atoms with Gasteiger partial charge >= 0.3 is 0 Å². The van der Waals surface area contributed by atoms with Crippen LogP contribution < -0.4 is 15.5 Å². The quantitative estimate of drug-likeness (QED) is 0.457. The molecular weight excluding hydrogens is 324 g/mol. The van der Waals surface area contributed by atoms with E-state index in [1.807, 2.05) is 0 Å². The van der Waals surface area contributed by atoms with E-state index in [0.29, 0.717) is 5.56 Å². The second kappa shape index (κ2) is 8.44. The van der Waals surface area contributed by atoms with Crippen molar-refractivity contribution in [2.45, 2.75) is 13.0 Å².